The number of esters is 1. The molecule has 48 heavy (non-hydrogen) atoms. The summed E-state index contributed by atoms with van der Waals surface area (Å²) in [4.78, 5) is 13.3. The van der Waals surface area contributed by atoms with Gasteiger partial charge in [-0.15, -0.1) is 0 Å². The van der Waals surface area contributed by atoms with Crippen molar-refractivity contribution in [3.05, 3.63) is 0 Å². The number of carbonyl (C=O) groups excluding carboxylic acids is 1. The average Bonchev–Trinajstić information content (AvgIpc) is 3.14. The molecule has 5 fully saturated rings. The summed E-state index contributed by atoms with van der Waals surface area (Å²) in [7, 11) is 0. The predicted molar refractivity (Wildman–Crippen MR) is 199 cm³/mol. The Balaban J connectivity index is 0.964. The van der Waals surface area contributed by atoms with Gasteiger partial charge in [0.2, 0.25) is 0 Å². The second-order valence-electron chi connectivity index (χ2n) is 17.7. The first-order valence-corrected chi connectivity index (χ1v) is 22.0. The van der Waals surface area contributed by atoms with Crippen molar-refractivity contribution in [2.45, 2.75) is 212 Å². The minimum absolute atomic E-state index is 0.0121. The Morgan fingerprint density at radius 1 is 0.562 bits per heavy atom. The summed E-state index contributed by atoms with van der Waals surface area (Å²) in [5.74, 6) is 6.26. The molecule has 0 radical (unpaired) electrons. The third-order valence-electron chi connectivity index (χ3n) is 14.5. The molecule has 5 rings (SSSR count). The number of unbranched alkanes of at least 4 members (excludes halogenated alkanes) is 4. The summed E-state index contributed by atoms with van der Waals surface area (Å²) in [5.41, 5.74) is 0. The van der Waals surface area contributed by atoms with Crippen LogP contribution in [0.3, 0.4) is 0 Å². The van der Waals surface area contributed by atoms with E-state index in [1.165, 1.54) is 173 Å². The lowest BCUT2D eigenvalue weighted by molar-refractivity contribution is -0.172. The lowest BCUT2D eigenvalue weighted by Crippen LogP contribution is -2.35. The highest BCUT2D eigenvalue weighted by Crippen LogP contribution is 2.44. The fourth-order valence-corrected chi connectivity index (χ4v) is 11.1. The summed E-state index contributed by atoms with van der Waals surface area (Å²) in [6, 6.07) is 0. The lowest BCUT2D eigenvalue weighted by atomic mass is 9.68. The minimum atomic E-state index is -0.0121. The molecule has 0 aromatic rings. The highest BCUT2D eigenvalue weighted by molar-refractivity contribution is 5.72. The van der Waals surface area contributed by atoms with E-state index in [0.717, 1.165) is 48.3 Å². The fourth-order valence-electron chi connectivity index (χ4n) is 11.1. The molecule has 0 aliphatic heterocycles. The Morgan fingerprint density at radius 2 is 1.04 bits per heavy atom. The van der Waals surface area contributed by atoms with E-state index in [1.807, 2.05) is 0 Å². The molecule has 0 heterocycles. The van der Waals surface area contributed by atoms with Crippen LogP contribution in [0.1, 0.15) is 200 Å². The Hall–Kier alpha value is -0.610. The monoisotopic (exact) mass is 671 g/mol. The second kappa shape index (κ2) is 21.7. The number of hydrogen-bond donors (Lipinski definition) is 0. The summed E-state index contributed by atoms with van der Waals surface area (Å²) in [6.07, 6.45) is 39.1. The van der Waals surface area contributed by atoms with Crippen LogP contribution in [-0.4, -0.2) is 31.6 Å². The van der Waals surface area contributed by atoms with E-state index < -0.39 is 0 Å². The molecule has 1 unspecified atom stereocenters. The molecule has 0 N–H and O–H groups in total. The molecule has 4 nitrogen and oxygen atoms in total. The standard InChI is InChI=1S/C44H78O4/c1-3-5-8-12-34-16-20-36(21-17-34)38-24-26-41(27-25-38)44(45)46-32-43(40-14-10-7-11-15-40)48-33-47-42-30-28-39(29-31-42)37-22-18-35(19-23-37)13-9-6-4-2/h34-43H,3-33H2,1-2H3. The predicted octanol–water partition coefficient (Wildman–Crippen LogP) is 12.6. The molecular formula is C44H78O4. The molecule has 5 saturated carbocycles. The first-order valence-electron chi connectivity index (χ1n) is 22.0. The lowest BCUT2D eigenvalue weighted by Gasteiger charge is -2.38. The SMILES string of the molecule is CCCCCC1CCC(C2CCC(OCOC(COC(=O)C3CCC(C4CCC(CCCCC)CC4)CC3)C3CCCCC3)CC2)CC1. The van der Waals surface area contributed by atoms with E-state index in [0.29, 0.717) is 25.4 Å². The van der Waals surface area contributed by atoms with Gasteiger partial charge in [-0.2, -0.15) is 0 Å². The summed E-state index contributed by atoms with van der Waals surface area (Å²) >= 11 is 0. The van der Waals surface area contributed by atoms with E-state index in [4.69, 9.17) is 14.2 Å². The van der Waals surface area contributed by atoms with Crippen molar-refractivity contribution in [1.29, 1.82) is 0 Å². The van der Waals surface area contributed by atoms with Crippen LogP contribution in [0.25, 0.3) is 0 Å². The molecule has 0 amide bonds. The molecule has 5 aliphatic carbocycles. The van der Waals surface area contributed by atoms with E-state index >= 15 is 0 Å². The van der Waals surface area contributed by atoms with Crippen molar-refractivity contribution < 1.29 is 19.0 Å². The van der Waals surface area contributed by atoms with Gasteiger partial charge in [0, 0.05) is 0 Å². The highest BCUT2D eigenvalue weighted by atomic mass is 16.7. The first-order chi connectivity index (χ1) is 23.6. The van der Waals surface area contributed by atoms with Crippen molar-refractivity contribution in [3.8, 4) is 0 Å². The fraction of sp³-hybridized carbons (Fsp3) is 0.977. The van der Waals surface area contributed by atoms with E-state index in [-0.39, 0.29) is 18.0 Å². The topological polar surface area (TPSA) is 44.8 Å². The van der Waals surface area contributed by atoms with Gasteiger partial charge in [-0.1, -0.05) is 110 Å². The third-order valence-corrected chi connectivity index (χ3v) is 14.5. The molecule has 5 aliphatic rings. The van der Waals surface area contributed by atoms with Gasteiger partial charge in [-0.05, 0) is 131 Å². The zero-order valence-electron chi connectivity index (χ0n) is 31.8. The smallest absolute Gasteiger partial charge is 0.309 e. The first kappa shape index (κ1) is 38.6. The third kappa shape index (κ3) is 12.6. The molecule has 4 heteroatoms. The van der Waals surface area contributed by atoms with Crippen LogP contribution in [0.5, 0.6) is 0 Å². The van der Waals surface area contributed by atoms with E-state index in [1.54, 1.807) is 0 Å². The Bertz CT molecular complexity index is 836. The largest absolute Gasteiger partial charge is 0.463 e. The van der Waals surface area contributed by atoms with Gasteiger partial charge in [-0.3, -0.25) is 4.79 Å². The zero-order chi connectivity index (χ0) is 33.4. The van der Waals surface area contributed by atoms with Gasteiger partial charge >= 0.3 is 5.97 Å². The quantitative estimate of drug-likeness (QED) is 0.0827. The van der Waals surface area contributed by atoms with Crippen LogP contribution in [0.15, 0.2) is 0 Å². The maximum atomic E-state index is 13.3. The van der Waals surface area contributed by atoms with Crippen molar-refractivity contribution in [3.63, 3.8) is 0 Å². The van der Waals surface area contributed by atoms with Crippen molar-refractivity contribution >= 4 is 5.97 Å². The number of ether oxygens (including phenoxy) is 3. The van der Waals surface area contributed by atoms with Crippen LogP contribution >= 0.6 is 0 Å². The normalized spacial score (nSPS) is 34.5. The zero-order valence-corrected chi connectivity index (χ0v) is 31.8. The van der Waals surface area contributed by atoms with Crippen molar-refractivity contribution in [1.82, 2.24) is 0 Å². The second-order valence-corrected chi connectivity index (χ2v) is 17.7. The van der Waals surface area contributed by atoms with Crippen LogP contribution in [-0.2, 0) is 19.0 Å². The molecule has 1 atom stereocenters. The van der Waals surface area contributed by atoms with Crippen molar-refractivity contribution in [2.75, 3.05) is 13.4 Å². The van der Waals surface area contributed by atoms with Crippen LogP contribution in [0.2, 0.25) is 0 Å². The number of hydrogen-bond acceptors (Lipinski definition) is 4. The van der Waals surface area contributed by atoms with Crippen LogP contribution in [0, 0.1) is 47.3 Å². The van der Waals surface area contributed by atoms with E-state index in [9.17, 15) is 4.79 Å². The molecule has 0 saturated heterocycles. The number of rotatable bonds is 18. The molecule has 0 aromatic carbocycles. The highest BCUT2D eigenvalue weighted by Gasteiger charge is 2.35. The molecule has 0 spiro atoms. The summed E-state index contributed by atoms with van der Waals surface area (Å²) in [5, 5.41) is 0. The van der Waals surface area contributed by atoms with Crippen LogP contribution in [0.4, 0.5) is 0 Å². The Labute approximate surface area is 297 Å². The maximum Gasteiger partial charge on any atom is 0.309 e. The van der Waals surface area contributed by atoms with Crippen molar-refractivity contribution in [2.24, 2.45) is 47.3 Å². The van der Waals surface area contributed by atoms with Gasteiger partial charge in [0.05, 0.1) is 18.1 Å². The Morgan fingerprint density at radius 3 is 1.54 bits per heavy atom. The molecule has 0 aromatic heterocycles. The molecular weight excluding hydrogens is 592 g/mol. The molecule has 0 bridgehead atoms. The van der Waals surface area contributed by atoms with Crippen LogP contribution < -0.4 is 0 Å². The van der Waals surface area contributed by atoms with E-state index in [2.05, 4.69) is 13.8 Å². The van der Waals surface area contributed by atoms with Gasteiger partial charge in [0.15, 0.2) is 0 Å². The number of carbonyl (C=O) groups is 1. The molecule has 278 valence electrons. The van der Waals surface area contributed by atoms with Gasteiger partial charge < -0.3 is 14.2 Å². The minimum Gasteiger partial charge on any atom is -0.463 e. The summed E-state index contributed by atoms with van der Waals surface area (Å²) < 4.78 is 18.9. The average molecular weight is 671 g/mol. The Kier molecular flexibility index (Phi) is 17.4. The van der Waals surface area contributed by atoms with Gasteiger partial charge in [0.1, 0.15) is 13.4 Å². The summed E-state index contributed by atoms with van der Waals surface area (Å²) in [6.45, 7) is 5.42. The van der Waals surface area contributed by atoms with Gasteiger partial charge in [0.25, 0.3) is 0 Å². The van der Waals surface area contributed by atoms with Gasteiger partial charge in [-0.25, -0.2) is 0 Å². The maximum absolute atomic E-state index is 13.3.